The number of ketones is 1. The van der Waals surface area contributed by atoms with Crippen molar-refractivity contribution < 1.29 is 38.1 Å². The van der Waals surface area contributed by atoms with Gasteiger partial charge in [-0.25, -0.2) is 0 Å². The van der Waals surface area contributed by atoms with Gasteiger partial charge in [0.05, 0.1) is 18.9 Å². The van der Waals surface area contributed by atoms with Crippen LogP contribution in [0, 0.1) is 29.1 Å². The number of benzene rings is 1. The topological polar surface area (TPSA) is 108 Å². The van der Waals surface area contributed by atoms with Gasteiger partial charge in [0.2, 0.25) is 5.78 Å². The molecule has 1 aliphatic heterocycles. The van der Waals surface area contributed by atoms with E-state index in [9.17, 15) is 19.2 Å². The zero-order chi connectivity index (χ0) is 29.0. The van der Waals surface area contributed by atoms with Crippen molar-refractivity contribution in [3.8, 4) is 0 Å². The van der Waals surface area contributed by atoms with Crippen molar-refractivity contribution in [2.75, 3.05) is 6.61 Å². The lowest BCUT2D eigenvalue weighted by molar-refractivity contribution is -0.190. The summed E-state index contributed by atoms with van der Waals surface area (Å²) >= 11 is 0. The first kappa shape index (κ1) is 28.5. The zero-order valence-corrected chi connectivity index (χ0v) is 24.2. The number of carbonyl (C=O) groups excluding carboxylic acids is 4. The maximum atomic E-state index is 14.5. The fourth-order valence-corrected chi connectivity index (χ4v) is 7.55. The molecule has 3 aliphatic carbocycles. The molecule has 1 aromatic carbocycles. The summed E-state index contributed by atoms with van der Waals surface area (Å²) in [6, 6.07) is 9.25. The van der Waals surface area contributed by atoms with Gasteiger partial charge in [0.1, 0.15) is 17.8 Å². The quantitative estimate of drug-likeness (QED) is 0.301. The molecule has 8 atom stereocenters. The van der Waals surface area contributed by atoms with E-state index in [0.29, 0.717) is 24.5 Å². The molecular formula is C32H40O8. The highest BCUT2D eigenvalue weighted by Crippen LogP contribution is 2.64. The Hall–Kier alpha value is -3.00. The van der Waals surface area contributed by atoms with Crippen LogP contribution in [0.5, 0.6) is 0 Å². The number of Topliss-reactive ketones (excluding diaryl/α,β-unsaturated/α-hetero) is 1. The lowest BCUT2D eigenvalue weighted by Crippen LogP contribution is -2.58. The van der Waals surface area contributed by atoms with Crippen molar-refractivity contribution in [2.45, 2.75) is 90.6 Å². The van der Waals surface area contributed by atoms with E-state index < -0.39 is 47.2 Å². The Kier molecular flexibility index (Phi) is 7.22. The second-order valence-electron chi connectivity index (χ2n) is 12.9. The van der Waals surface area contributed by atoms with Gasteiger partial charge in [0, 0.05) is 20.3 Å². The predicted octanol–water partition coefficient (Wildman–Crippen LogP) is 4.38. The summed E-state index contributed by atoms with van der Waals surface area (Å²) in [6.07, 6.45) is 1.85. The van der Waals surface area contributed by atoms with Crippen LogP contribution in [-0.2, 0) is 44.5 Å². The van der Waals surface area contributed by atoms with E-state index in [0.717, 1.165) is 12.0 Å². The van der Waals surface area contributed by atoms with E-state index >= 15 is 0 Å². The number of fused-ring (bicyclic) bond motifs is 2. The Morgan fingerprint density at radius 3 is 2.33 bits per heavy atom. The minimum Gasteiger partial charge on any atom is -0.461 e. The number of epoxide rings is 1. The summed E-state index contributed by atoms with van der Waals surface area (Å²) in [5.41, 5.74) is -1.22. The predicted molar refractivity (Wildman–Crippen MR) is 145 cm³/mol. The van der Waals surface area contributed by atoms with Gasteiger partial charge in [-0.2, -0.15) is 0 Å². The number of allylic oxidation sites excluding steroid dienone is 1. The smallest absolute Gasteiger partial charge is 0.310 e. The van der Waals surface area contributed by atoms with E-state index in [1.807, 2.05) is 43.3 Å². The number of hydrogen-bond donors (Lipinski definition) is 0. The second kappa shape index (κ2) is 10.1. The van der Waals surface area contributed by atoms with Crippen LogP contribution in [0.1, 0.15) is 66.4 Å². The Labute approximate surface area is 235 Å². The molecule has 1 heterocycles. The summed E-state index contributed by atoms with van der Waals surface area (Å²) in [5, 5.41) is 0. The van der Waals surface area contributed by atoms with Crippen LogP contribution < -0.4 is 0 Å². The van der Waals surface area contributed by atoms with Crippen LogP contribution in [-0.4, -0.2) is 53.7 Å². The molecule has 2 saturated carbocycles. The minimum atomic E-state index is -1.68. The summed E-state index contributed by atoms with van der Waals surface area (Å²) in [5.74, 6) is -2.72. The molecule has 216 valence electrons. The summed E-state index contributed by atoms with van der Waals surface area (Å²) in [6.45, 7) is 11.0. The first-order valence-corrected chi connectivity index (χ1v) is 14.3. The van der Waals surface area contributed by atoms with E-state index in [4.69, 9.17) is 18.9 Å². The minimum absolute atomic E-state index is 0.0141. The average Bonchev–Trinajstić information content (AvgIpc) is 3.73. The normalized spacial score (nSPS) is 39.0. The van der Waals surface area contributed by atoms with Gasteiger partial charge in [0.25, 0.3) is 0 Å². The Bertz CT molecular complexity index is 1230. The maximum absolute atomic E-state index is 14.5. The summed E-state index contributed by atoms with van der Waals surface area (Å²) < 4.78 is 24.2. The molecule has 1 unspecified atom stereocenters. The largest absolute Gasteiger partial charge is 0.461 e. The van der Waals surface area contributed by atoms with Crippen LogP contribution in [0.3, 0.4) is 0 Å². The molecule has 0 radical (unpaired) electrons. The molecule has 0 N–H and O–H groups in total. The molecule has 40 heavy (non-hydrogen) atoms. The number of carbonyl (C=O) groups is 4. The molecule has 5 rings (SSSR count). The SMILES string of the molecule is CC(=O)O[C@@H]1C2[C@@H](OC(=O)Cc3ccccc3)[C@@H](C)C[C@]2(OC(C)=O)C(=O)/C(C)=C/[C@@H]2[C@H](CC[C@]13CO3)C2(C)C. The summed E-state index contributed by atoms with van der Waals surface area (Å²) in [4.78, 5) is 52.9. The van der Waals surface area contributed by atoms with Gasteiger partial charge in [-0.3, -0.25) is 19.2 Å². The number of rotatable bonds is 5. The van der Waals surface area contributed by atoms with Crippen LogP contribution in [0.2, 0.25) is 0 Å². The number of hydrogen-bond acceptors (Lipinski definition) is 8. The molecule has 1 saturated heterocycles. The van der Waals surface area contributed by atoms with E-state index in [-0.39, 0.29) is 35.9 Å². The van der Waals surface area contributed by atoms with Gasteiger partial charge >= 0.3 is 17.9 Å². The zero-order valence-electron chi connectivity index (χ0n) is 24.2. The van der Waals surface area contributed by atoms with Gasteiger partial charge in [-0.15, -0.1) is 0 Å². The highest BCUT2D eigenvalue weighted by molar-refractivity contribution is 6.03. The molecular weight excluding hydrogens is 512 g/mol. The van der Waals surface area contributed by atoms with Crippen molar-refractivity contribution >= 4 is 23.7 Å². The third kappa shape index (κ3) is 5.00. The standard InChI is InChI=1S/C32H40O8/c1-18-14-24-23(30(24,5)6)12-13-31(17-37-31)29(38-20(3)33)26-27(39-25(35)15-22-10-8-7-9-11-22)19(2)16-32(26,28(18)36)40-21(4)34/h7-11,14,19,23-24,26-27,29H,12-13,15-17H2,1-6H3/b18-14+/t19-,23-,24+,26?,27-,29+,31-,32+/m0/s1. The molecule has 8 nitrogen and oxygen atoms in total. The van der Waals surface area contributed by atoms with E-state index in [1.165, 1.54) is 13.8 Å². The Morgan fingerprint density at radius 2 is 1.73 bits per heavy atom. The fourth-order valence-electron chi connectivity index (χ4n) is 7.55. The molecule has 0 bridgehead atoms. The monoisotopic (exact) mass is 552 g/mol. The van der Waals surface area contributed by atoms with Crippen molar-refractivity contribution in [3.05, 3.63) is 47.5 Å². The highest BCUT2D eigenvalue weighted by atomic mass is 16.6. The van der Waals surface area contributed by atoms with Gasteiger partial charge in [-0.05, 0) is 54.1 Å². The van der Waals surface area contributed by atoms with E-state index in [2.05, 4.69) is 13.8 Å². The van der Waals surface area contributed by atoms with Gasteiger partial charge in [0.15, 0.2) is 5.60 Å². The lowest BCUT2D eigenvalue weighted by atomic mass is 9.74. The van der Waals surface area contributed by atoms with Crippen molar-refractivity contribution in [2.24, 2.45) is 29.1 Å². The first-order chi connectivity index (χ1) is 18.8. The molecule has 0 aromatic heterocycles. The molecule has 4 aliphatic rings. The molecule has 8 heteroatoms. The van der Waals surface area contributed by atoms with Crippen LogP contribution in [0.4, 0.5) is 0 Å². The third-order valence-corrected chi connectivity index (χ3v) is 9.71. The first-order valence-electron chi connectivity index (χ1n) is 14.3. The number of ether oxygens (including phenoxy) is 4. The Balaban J connectivity index is 1.61. The molecule has 1 aromatic rings. The Morgan fingerprint density at radius 1 is 1.05 bits per heavy atom. The van der Waals surface area contributed by atoms with Crippen molar-refractivity contribution in [3.63, 3.8) is 0 Å². The second-order valence-corrected chi connectivity index (χ2v) is 12.9. The van der Waals surface area contributed by atoms with E-state index in [1.54, 1.807) is 6.92 Å². The molecule has 1 spiro atoms. The van der Waals surface area contributed by atoms with Gasteiger partial charge < -0.3 is 18.9 Å². The third-order valence-electron chi connectivity index (χ3n) is 9.71. The van der Waals surface area contributed by atoms with Gasteiger partial charge in [-0.1, -0.05) is 57.2 Å². The lowest BCUT2D eigenvalue weighted by Gasteiger charge is -2.41. The maximum Gasteiger partial charge on any atom is 0.310 e. The number of esters is 3. The highest BCUT2D eigenvalue weighted by Gasteiger charge is 2.71. The van der Waals surface area contributed by atoms with Crippen LogP contribution in [0.25, 0.3) is 0 Å². The van der Waals surface area contributed by atoms with Crippen molar-refractivity contribution in [1.82, 2.24) is 0 Å². The molecule has 3 fully saturated rings. The van der Waals surface area contributed by atoms with Crippen LogP contribution in [0.15, 0.2) is 42.0 Å². The summed E-state index contributed by atoms with van der Waals surface area (Å²) in [7, 11) is 0. The van der Waals surface area contributed by atoms with Crippen molar-refractivity contribution in [1.29, 1.82) is 0 Å². The average molecular weight is 553 g/mol. The molecule has 0 amide bonds. The fraction of sp³-hybridized carbons (Fsp3) is 0.625. The van der Waals surface area contributed by atoms with Crippen LogP contribution >= 0.6 is 0 Å².